The van der Waals surface area contributed by atoms with Crippen molar-refractivity contribution in [3.8, 4) is 10.6 Å². The van der Waals surface area contributed by atoms with Crippen LogP contribution in [0.1, 0.15) is 17.8 Å². The lowest BCUT2D eigenvalue weighted by molar-refractivity contribution is 0.0627. The van der Waals surface area contributed by atoms with E-state index in [1.54, 1.807) is 23.0 Å². The topological polar surface area (TPSA) is 87.1 Å². The minimum absolute atomic E-state index is 0.0531. The highest BCUT2D eigenvalue weighted by molar-refractivity contribution is 7.14. The van der Waals surface area contributed by atoms with Gasteiger partial charge in [-0.05, 0) is 32.9 Å². The molecule has 0 spiro atoms. The molecule has 4 rings (SSSR count). The number of rotatable bonds is 5. The maximum atomic E-state index is 12.6. The molecule has 164 valence electrons. The molecular weight excluding hydrogens is 424 g/mol. The molecule has 1 aromatic carbocycles. The highest BCUT2D eigenvalue weighted by Crippen LogP contribution is 2.26. The number of likely N-dealkylation sites (tertiary alicyclic amines) is 1. The number of aryl methyl sites for hydroxylation is 1. The van der Waals surface area contributed by atoms with Crippen molar-refractivity contribution in [2.45, 2.75) is 32.2 Å². The van der Waals surface area contributed by atoms with E-state index in [0.717, 1.165) is 21.0 Å². The second-order valence-corrected chi connectivity index (χ2v) is 8.75. The summed E-state index contributed by atoms with van der Waals surface area (Å²) in [5.41, 5.74) is 1.60. The fourth-order valence-electron chi connectivity index (χ4n) is 3.68. The number of carbonyl (C=O) groups is 1. The minimum Gasteiger partial charge on any atom is -0.324 e. The second kappa shape index (κ2) is 9.15. The van der Waals surface area contributed by atoms with Crippen molar-refractivity contribution in [1.82, 2.24) is 30.0 Å². The first-order chi connectivity index (χ1) is 14.9. The number of carbonyl (C=O) groups excluding carboxylic acids is 1. The highest BCUT2D eigenvalue weighted by atomic mass is 32.1. The molecule has 0 bridgehead atoms. The van der Waals surface area contributed by atoms with Gasteiger partial charge in [-0.15, -0.1) is 10.2 Å². The van der Waals surface area contributed by atoms with E-state index >= 15 is 0 Å². The van der Waals surface area contributed by atoms with Crippen LogP contribution >= 0.6 is 11.3 Å². The van der Waals surface area contributed by atoms with E-state index in [9.17, 15) is 13.6 Å². The Morgan fingerprint density at radius 3 is 2.77 bits per heavy atom. The van der Waals surface area contributed by atoms with Crippen molar-refractivity contribution in [3.63, 3.8) is 0 Å². The Morgan fingerprint density at radius 1 is 1.32 bits per heavy atom. The fraction of sp³-hybridized carbons (Fsp3) is 0.450. The molecule has 1 aliphatic heterocycles. The summed E-state index contributed by atoms with van der Waals surface area (Å²) in [6, 6.07) is 5.52. The van der Waals surface area contributed by atoms with Crippen LogP contribution in [0.4, 0.5) is 19.5 Å². The first-order valence-electron chi connectivity index (χ1n) is 10.0. The number of nitrogens with one attached hydrogen (secondary N) is 1. The van der Waals surface area contributed by atoms with Crippen LogP contribution in [-0.2, 0) is 0 Å². The summed E-state index contributed by atoms with van der Waals surface area (Å²) in [4.78, 5) is 24.7. The molecule has 1 saturated heterocycles. The molecule has 0 aliphatic carbocycles. The Balaban J connectivity index is 1.41. The molecular formula is C20H23F2N7OS. The van der Waals surface area contributed by atoms with Gasteiger partial charge in [-0.25, -0.2) is 23.5 Å². The van der Waals surface area contributed by atoms with Crippen LogP contribution in [0.15, 0.2) is 24.4 Å². The smallest absolute Gasteiger partial charge is 0.324 e. The van der Waals surface area contributed by atoms with Crippen LogP contribution < -0.4 is 5.32 Å². The third kappa shape index (κ3) is 5.10. The SMILES string of the molecule is Cc1nnc(-c2ccc3cnc(NC(=O)N4CCC(N(C)CC(F)F)CC4)nc3c2)s1. The number of hydrogen-bond acceptors (Lipinski definition) is 7. The first kappa shape index (κ1) is 21.4. The molecule has 3 heterocycles. The molecule has 3 aromatic rings. The number of hydrogen-bond donors (Lipinski definition) is 1. The van der Waals surface area contributed by atoms with Crippen LogP contribution in [0.5, 0.6) is 0 Å². The van der Waals surface area contributed by atoms with Gasteiger partial charge in [0.25, 0.3) is 6.43 Å². The van der Waals surface area contributed by atoms with Gasteiger partial charge in [-0.3, -0.25) is 10.2 Å². The van der Waals surface area contributed by atoms with Crippen molar-refractivity contribution in [1.29, 1.82) is 0 Å². The zero-order chi connectivity index (χ0) is 22.0. The highest BCUT2D eigenvalue weighted by Gasteiger charge is 2.26. The summed E-state index contributed by atoms with van der Waals surface area (Å²) in [6.07, 6.45) is 0.617. The van der Waals surface area contributed by atoms with Gasteiger partial charge in [-0.2, -0.15) is 0 Å². The monoisotopic (exact) mass is 447 g/mol. The number of fused-ring (bicyclic) bond motifs is 1. The van der Waals surface area contributed by atoms with Gasteiger partial charge in [0, 0.05) is 36.3 Å². The van der Waals surface area contributed by atoms with Gasteiger partial charge in [0.2, 0.25) is 5.95 Å². The van der Waals surface area contributed by atoms with E-state index in [4.69, 9.17) is 0 Å². The number of amides is 2. The third-order valence-corrected chi connectivity index (χ3v) is 6.26. The van der Waals surface area contributed by atoms with Crippen molar-refractivity contribution >= 4 is 34.2 Å². The molecule has 1 N–H and O–H groups in total. The number of nitrogens with zero attached hydrogens (tertiary/aromatic N) is 6. The number of halogens is 2. The number of aromatic nitrogens is 4. The second-order valence-electron chi connectivity index (χ2n) is 7.57. The maximum Gasteiger partial charge on any atom is 0.324 e. The number of urea groups is 1. The van der Waals surface area contributed by atoms with Crippen LogP contribution in [0.2, 0.25) is 0 Å². The van der Waals surface area contributed by atoms with E-state index in [1.807, 2.05) is 25.1 Å². The Kier molecular flexibility index (Phi) is 6.33. The van der Waals surface area contributed by atoms with Crippen LogP contribution in [0.3, 0.4) is 0 Å². The van der Waals surface area contributed by atoms with Gasteiger partial charge < -0.3 is 4.90 Å². The molecule has 1 fully saturated rings. The normalized spacial score (nSPS) is 15.2. The van der Waals surface area contributed by atoms with Crippen molar-refractivity contribution in [2.24, 2.45) is 0 Å². The Labute approximate surface area is 182 Å². The number of piperidine rings is 1. The zero-order valence-electron chi connectivity index (χ0n) is 17.3. The summed E-state index contributed by atoms with van der Waals surface area (Å²) in [5.74, 6) is 0.222. The largest absolute Gasteiger partial charge is 0.324 e. The van der Waals surface area contributed by atoms with Crippen LogP contribution in [-0.4, -0.2) is 75.1 Å². The van der Waals surface area contributed by atoms with Gasteiger partial charge in [0.15, 0.2) is 0 Å². The van der Waals surface area contributed by atoms with Crippen molar-refractivity contribution in [2.75, 3.05) is 32.0 Å². The zero-order valence-corrected chi connectivity index (χ0v) is 18.1. The van der Waals surface area contributed by atoms with Gasteiger partial charge in [0.05, 0.1) is 12.1 Å². The lowest BCUT2D eigenvalue weighted by Gasteiger charge is -2.36. The van der Waals surface area contributed by atoms with Crippen LogP contribution in [0.25, 0.3) is 21.5 Å². The summed E-state index contributed by atoms with van der Waals surface area (Å²) >= 11 is 1.50. The molecule has 1 aliphatic rings. The molecule has 0 atom stereocenters. The number of alkyl halides is 2. The van der Waals surface area contributed by atoms with Crippen molar-refractivity contribution in [3.05, 3.63) is 29.4 Å². The third-order valence-electron chi connectivity index (χ3n) is 5.38. The summed E-state index contributed by atoms with van der Waals surface area (Å²) < 4.78 is 25.2. The van der Waals surface area contributed by atoms with E-state index in [0.29, 0.717) is 31.4 Å². The molecule has 0 saturated carbocycles. The first-order valence-corrected chi connectivity index (χ1v) is 10.8. The fourth-order valence-corrected chi connectivity index (χ4v) is 4.37. The maximum absolute atomic E-state index is 12.6. The molecule has 8 nitrogen and oxygen atoms in total. The van der Waals surface area contributed by atoms with Gasteiger partial charge in [-0.1, -0.05) is 23.5 Å². The minimum atomic E-state index is -2.35. The van der Waals surface area contributed by atoms with E-state index in [2.05, 4.69) is 25.5 Å². The Hall–Kier alpha value is -2.79. The molecule has 31 heavy (non-hydrogen) atoms. The van der Waals surface area contributed by atoms with Crippen LogP contribution in [0, 0.1) is 6.92 Å². The molecule has 0 unspecified atom stereocenters. The van der Waals surface area contributed by atoms with Crippen molar-refractivity contribution < 1.29 is 13.6 Å². The molecule has 11 heteroatoms. The predicted octanol–water partition coefficient (Wildman–Crippen LogP) is 3.65. The number of benzene rings is 1. The van der Waals surface area contributed by atoms with E-state index < -0.39 is 6.43 Å². The lowest BCUT2D eigenvalue weighted by atomic mass is 10.0. The quantitative estimate of drug-likeness (QED) is 0.643. The molecule has 2 aromatic heterocycles. The van der Waals surface area contributed by atoms with E-state index in [1.165, 1.54) is 11.3 Å². The number of anilines is 1. The standard InChI is InChI=1S/C20H23F2N7OS/c1-12-26-27-18(31-12)13-3-4-14-10-23-19(24-16(14)9-13)25-20(30)29-7-5-15(6-8-29)28(2)11-17(21)22/h3-4,9-10,15,17H,5-8,11H2,1-2H3,(H,23,24,25,30). The lowest BCUT2D eigenvalue weighted by Crippen LogP contribution is -2.47. The summed E-state index contributed by atoms with van der Waals surface area (Å²) in [6.45, 7) is 2.65. The average Bonchev–Trinajstić information content (AvgIpc) is 3.19. The van der Waals surface area contributed by atoms with E-state index in [-0.39, 0.29) is 24.6 Å². The average molecular weight is 448 g/mol. The van der Waals surface area contributed by atoms with Gasteiger partial charge >= 0.3 is 6.03 Å². The predicted molar refractivity (Wildman–Crippen MR) is 115 cm³/mol. The van der Waals surface area contributed by atoms with Gasteiger partial charge in [0.1, 0.15) is 10.0 Å². The molecule has 2 amide bonds. The summed E-state index contributed by atoms with van der Waals surface area (Å²) in [7, 11) is 1.70. The summed E-state index contributed by atoms with van der Waals surface area (Å²) in [5, 5.41) is 13.5. The molecule has 0 radical (unpaired) electrons. The Bertz CT molecular complexity index is 1070. The Morgan fingerprint density at radius 2 is 2.10 bits per heavy atom.